The van der Waals surface area contributed by atoms with E-state index in [1.54, 1.807) is 32.0 Å². The van der Waals surface area contributed by atoms with E-state index in [0.717, 1.165) is 0 Å². The van der Waals surface area contributed by atoms with Crippen molar-refractivity contribution in [3.63, 3.8) is 0 Å². The van der Waals surface area contributed by atoms with E-state index in [1.165, 1.54) is 4.68 Å². The summed E-state index contributed by atoms with van der Waals surface area (Å²) in [4.78, 5) is 10.7. The molecule has 0 aliphatic heterocycles. The lowest BCUT2D eigenvalue weighted by Crippen LogP contribution is -2.13. The van der Waals surface area contributed by atoms with E-state index >= 15 is 0 Å². The predicted octanol–water partition coefficient (Wildman–Crippen LogP) is 1.82. The molecule has 0 fully saturated rings. The van der Waals surface area contributed by atoms with Gasteiger partial charge in [-0.3, -0.25) is 4.79 Å². The molecule has 0 radical (unpaired) electrons. The third kappa shape index (κ3) is 2.59. The Bertz CT molecular complexity index is 612. The van der Waals surface area contributed by atoms with Gasteiger partial charge in [-0.2, -0.15) is 0 Å². The van der Waals surface area contributed by atoms with Gasteiger partial charge >= 0.3 is 5.97 Å². The van der Waals surface area contributed by atoms with Crippen molar-refractivity contribution in [2.75, 3.05) is 0 Å². The summed E-state index contributed by atoms with van der Waals surface area (Å²) in [5.74, 6) is -1.13. The third-order valence-electron chi connectivity index (χ3n) is 2.81. The van der Waals surface area contributed by atoms with Gasteiger partial charge in [-0.15, -0.1) is 5.10 Å². The first-order valence-corrected chi connectivity index (χ1v) is 5.76. The lowest BCUT2D eigenvalue weighted by atomic mass is 10.1. The van der Waals surface area contributed by atoms with Crippen molar-refractivity contribution in [1.82, 2.24) is 20.2 Å². The lowest BCUT2D eigenvalue weighted by Gasteiger charge is -2.11. The molecule has 0 aliphatic rings. The molecule has 0 bridgehead atoms. The van der Waals surface area contributed by atoms with Crippen LogP contribution in [0.25, 0.3) is 11.4 Å². The number of carboxylic acid groups (broad SMARTS) is 1. The smallest absolute Gasteiger partial charge is 0.305 e. The van der Waals surface area contributed by atoms with Crippen molar-refractivity contribution in [3.8, 4) is 11.4 Å². The van der Waals surface area contributed by atoms with Gasteiger partial charge in [0.2, 0.25) is 0 Å². The van der Waals surface area contributed by atoms with Crippen LogP contribution in [0.15, 0.2) is 18.2 Å². The number of aryl methyl sites for hydroxylation is 1. The van der Waals surface area contributed by atoms with Crippen molar-refractivity contribution in [2.24, 2.45) is 0 Å². The highest BCUT2D eigenvalue weighted by atomic mass is 19.1. The largest absolute Gasteiger partial charge is 0.481 e. The van der Waals surface area contributed by atoms with E-state index in [-0.39, 0.29) is 17.8 Å². The Morgan fingerprint density at radius 1 is 1.53 bits per heavy atom. The average Bonchev–Trinajstić information content (AvgIpc) is 2.80. The maximum atomic E-state index is 14.0. The van der Waals surface area contributed by atoms with Gasteiger partial charge in [-0.05, 0) is 35.9 Å². The fraction of sp³-hybridized carbons (Fsp3) is 0.333. The van der Waals surface area contributed by atoms with Crippen LogP contribution in [0.5, 0.6) is 0 Å². The summed E-state index contributed by atoms with van der Waals surface area (Å²) < 4.78 is 15.4. The quantitative estimate of drug-likeness (QED) is 0.911. The minimum atomic E-state index is -0.960. The molecule has 7 heteroatoms. The van der Waals surface area contributed by atoms with Gasteiger partial charge in [0.05, 0.1) is 18.0 Å². The standard InChI is InChI=1S/C12H13FN4O2/c1-7-4-3-5-9(11(7)13)12-14-15-16-17(12)8(2)6-10(18)19/h3-5,8H,6H2,1-2H3,(H,18,19). The normalized spacial score (nSPS) is 12.4. The van der Waals surface area contributed by atoms with Crippen LogP contribution >= 0.6 is 0 Å². The van der Waals surface area contributed by atoms with Crippen molar-refractivity contribution in [1.29, 1.82) is 0 Å². The molecule has 0 saturated carbocycles. The Labute approximate surface area is 108 Å². The van der Waals surface area contributed by atoms with Gasteiger partial charge in [0.1, 0.15) is 5.82 Å². The fourth-order valence-corrected chi connectivity index (χ4v) is 1.83. The number of halogens is 1. The molecule has 1 unspecified atom stereocenters. The van der Waals surface area contributed by atoms with Crippen molar-refractivity contribution < 1.29 is 14.3 Å². The Morgan fingerprint density at radius 3 is 2.95 bits per heavy atom. The molecule has 1 atom stereocenters. The van der Waals surface area contributed by atoms with Gasteiger partial charge in [-0.25, -0.2) is 9.07 Å². The van der Waals surface area contributed by atoms with Crippen LogP contribution in [0.1, 0.15) is 24.9 Å². The maximum absolute atomic E-state index is 14.0. The number of aromatic nitrogens is 4. The van der Waals surface area contributed by atoms with E-state index in [9.17, 15) is 9.18 Å². The van der Waals surface area contributed by atoms with Gasteiger partial charge in [0.25, 0.3) is 0 Å². The van der Waals surface area contributed by atoms with Crippen LogP contribution in [-0.2, 0) is 4.79 Å². The second-order valence-corrected chi connectivity index (χ2v) is 4.33. The number of hydrogen-bond donors (Lipinski definition) is 1. The molecule has 19 heavy (non-hydrogen) atoms. The summed E-state index contributed by atoms with van der Waals surface area (Å²) in [6.07, 6.45) is -0.133. The molecule has 2 rings (SSSR count). The van der Waals surface area contributed by atoms with Crippen LogP contribution in [0, 0.1) is 12.7 Å². The molecule has 1 N–H and O–H groups in total. The second-order valence-electron chi connectivity index (χ2n) is 4.33. The number of carbonyl (C=O) groups is 1. The van der Waals surface area contributed by atoms with Crippen molar-refractivity contribution in [2.45, 2.75) is 26.3 Å². The number of rotatable bonds is 4. The highest BCUT2D eigenvalue weighted by Gasteiger charge is 2.19. The predicted molar refractivity (Wildman–Crippen MR) is 64.9 cm³/mol. The Morgan fingerprint density at radius 2 is 2.26 bits per heavy atom. The number of carboxylic acids is 1. The highest BCUT2D eigenvalue weighted by molar-refractivity contribution is 5.67. The first-order chi connectivity index (χ1) is 9.00. The van der Waals surface area contributed by atoms with Crippen molar-refractivity contribution >= 4 is 5.97 Å². The molecular formula is C12H13FN4O2. The highest BCUT2D eigenvalue weighted by Crippen LogP contribution is 2.24. The van der Waals surface area contributed by atoms with E-state index < -0.39 is 17.8 Å². The van der Waals surface area contributed by atoms with Gasteiger partial charge < -0.3 is 5.11 Å². The monoisotopic (exact) mass is 264 g/mol. The SMILES string of the molecule is Cc1cccc(-c2nnnn2C(C)CC(=O)O)c1F. The molecule has 1 aromatic heterocycles. The summed E-state index contributed by atoms with van der Waals surface area (Å²) in [5.41, 5.74) is 0.750. The van der Waals surface area contributed by atoms with Crippen molar-refractivity contribution in [3.05, 3.63) is 29.6 Å². The van der Waals surface area contributed by atoms with E-state index in [1.807, 2.05) is 0 Å². The molecule has 0 saturated heterocycles. The zero-order valence-electron chi connectivity index (χ0n) is 10.5. The third-order valence-corrected chi connectivity index (χ3v) is 2.81. The topological polar surface area (TPSA) is 80.9 Å². The molecule has 6 nitrogen and oxygen atoms in total. The number of hydrogen-bond acceptors (Lipinski definition) is 4. The van der Waals surface area contributed by atoms with E-state index in [0.29, 0.717) is 5.56 Å². The summed E-state index contributed by atoms with van der Waals surface area (Å²) in [5, 5.41) is 19.8. The van der Waals surface area contributed by atoms with Crippen LogP contribution in [-0.4, -0.2) is 31.3 Å². The van der Waals surface area contributed by atoms with Crippen LogP contribution < -0.4 is 0 Å². The minimum Gasteiger partial charge on any atom is -0.481 e. The summed E-state index contributed by atoms with van der Waals surface area (Å²) in [6.45, 7) is 3.31. The number of aliphatic carboxylic acids is 1. The Balaban J connectivity index is 2.44. The molecule has 0 amide bonds. The molecule has 0 aliphatic carbocycles. The molecule has 100 valence electrons. The number of nitrogens with zero attached hydrogens (tertiary/aromatic N) is 4. The first-order valence-electron chi connectivity index (χ1n) is 5.76. The Kier molecular flexibility index (Phi) is 3.55. The average molecular weight is 264 g/mol. The molecule has 2 aromatic rings. The summed E-state index contributed by atoms with van der Waals surface area (Å²) >= 11 is 0. The number of tetrazole rings is 1. The second kappa shape index (κ2) is 5.13. The Hall–Kier alpha value is -2.31. The molecular weight excluding hydrogens is 251 g/mol. The van der Waals surface area contributed by atoms with Crippen LogP contribution in [0.2, 0.25) is 0 Å². The first kappa shape index (κ1) is 13.1. The van der Waals surface area contributed by atoms with E-state index in [2.05, 4.69) is 15.5 Å². The number of benzene rings is 1. The van der Waals surface area contributed by atoms with Gasteiger partial charge in [-0.1, -0.05) is 12.1 Å². The van der Waals surface area contributed by atoms with E-state index in [4.69, 9.17) is 5.11 Å². The fourth-order valence-electron chi connectivity index (χ4n) is 1.83. The molecule has 1 heterocycles. The minimum absolute atomic E-state index is 0.133. The van der Waals surface area contributed by atoms with Gasteiger partial charge in [0, 0.05) is 0 Å². The molecule has 0 spiro atoms. The summed E-state index contributed by atoms with van der Waals surface area (Å²) in [7, 11) is 0. The maximum Gasteiger partial charge on any atom is 0.305 e. The zero-order valence-corrected chi connectivity index (χ0v) is 10.5. The molecule has 1 aromatic carbocycles. The summed E-state index contributed by atoms with van der Waals surface area (Å²) in [6, 6.07) is 4.46. The lowest BCUT2D eigenvalue weighted by molar-refractivity contribution is -0.137. The van der Waals surface area contributed by atoms with Crippen LogP contribution in [0.4, 0.5) is 4.39 Å². The van der Waals surface area contributed by atoms with Crippen LogP contribution in [0.3, 0.4) is 0 Å². The zero-order chi connectivity index (χ0) is 14.0. The van der Waals surface area contributed by atoms with Gasteiger partial charge in [0.15, 0.2) is 5.82 Å².